The first-order valence-corrected chi connectivity index (χ1v) is 8.57. The second-order valence-corrected chi connectivity index (χ2v) is 6.06. The number of ether oxygens (including phenoxy) is 2. The number of hydrogen-bond donors (Lipinski definition) is 1. The van der Waals surface area contributed by atoms with Gasteiger partial charge in [-0.25, -0.2) is 4.39 Å². The Morgan fingerprint density at radius 1 is 0.964 bits per heavy atom. The van der Waals surface area contributed by atoms with Crippen LogP contribution in [0, 0.1) is 15.9 Å². The Bertz CT molecular complexity index is 944. The second-order valence-electron chi connectivity index (χ2n) is 6.06. The van der Waals surface area contributed by atoms with E-state index in [4.69, 9.17) is 9.47 Å². The number of benzene rings is 3. The van der Waals surface area contributed by atoms with E-state index in [9.17, 15) is 14.5 Å². The molecule has 6 nitrogen and oxygen atoms in total. The molecule has 144 valence electrons. The van der Waals surface area contributed by atoms with E-state index in [-0.39, 0.29) is 11.5 Å². The molecule has 3 aromatic carbocycles. The molecule has 3 aromatic rings. The summed E-state index contributed by atoms with van der Waals surface area (Å²) in [5.74, 6) is 0.891. The van der Waals surface area contributed by atoms with Crippen molar-refractivity contribution in [2.45, 2.75) is 13.2 Å². The first-order chi connectivity index (χ1) is 13.5. The summed E-state index contributed by atoms with van der Waals surface area (Å²) in [6, 6.07) is 17.9. The van der Waals surface area contributed by atoms with Crippen molar-refractivity contribution in [3.05, 3.63) is 93.8 Å². The Morgan fingerprint density at radius 3 is 2.29 bits per heavy atom. The normalized spacial score (nSPS) is 10.4. The highest BCUT2D eigenvalue weighted by Crippen LogP contribution is 2.29. The van der Waals surface area contributed by atoms with E-state index in [0.717, 1.165) is 16.8 Å². The van der Waals surface area contributed by atoms with Gasteiger partial charge in [0.1, 0.15) is 12.4 Å². The summed E-state index contributed by atoms with van der Waals surface area (Å²) < 4.78 is 24.1. The van der Waals surface area contributed by atoms with Crippen molar-refractivity contribution in [2.75, 3.05) is 12.4 Å². The van der Waals surface area contributed by atoms with Gasteiger partial charge in [0, 0.05) is 24.4 Å². The molecule has 3 rings (SSSR count). The maximum absolute atomic E-state index is 13.0. The number of nitro benzene ring substituents is 1. The molecule has 1 N–H and O–H groups in total. The van der Waals surface area contributed by atoms with Gasteiger partial charge in [-0.15, -0.1) is 0 Å². The Morgan fingerprint density at radius 2 is 1.64 bits per heavy atom. The van der Waals surface area contributed by atoms with E-state index >= 15 is 0 Å². The number of hydrogen-bond acceptors (Lipinski definition) is 5. The SMILES string of the molecule is COc1cc(CNc2ccc([N+](=O)[O-])cc2)ccc1OCc1ccc(F)cc1. The van der Waals surface area contributed by atoms with Crippen LogP contribution < -0.4 is 14.8 Å². The molecule has 0 saturated carbocycles. The predicted molar refractivity (Wildman–Crippen MR) is 104 cm³/mol. The van der Waals surface area contributed by atoms with Gasteiger partial charge in [-0.3, -0.25) is 10.1 Å². The molecule has 28 heavy (non-hydrogen) atoms. The molecular formula is C21H19FN2O4. The smallest absolute Gasteiger partial charge is 0.269 e. The summed E-state index contributed by atoms with van der Waals surface area (Å²) in [7, 11) is 1.56. The van der Waals surface area contributed by atoms with Crippen LogP contribution in [0.5, 0.6) is 11.5 Å². The van der Waals surface area contributed by atoms with Crippen molar-refractivity contribution in [2.24, 2.45) is 0 Å². The third-order valence-corrected chi connectivity index (χ3v) is 4.11. The van der Waals surface area contributed by atoms with Gasteiger partial charge >= 0.3 is 0 Å². The van der Waals surface area contributed by atoms with Gasteiger partial charge in [-0.05, 0) is 47.5 Å². The van der Waals surface area contributed by atoms with Gasteiger partial charge in [0.25, 0.3) is 5.69 Å². The van der Waals surface area contributed by atoms with Crippen LogP contribution in [0.25, 0.3) is 0 Å². The average molecular weight is 382 g/mol. The van der Waals surface area contributed by atoms with E-state index < -0.39 is 4.92 Å². The van der Waals surface area contributed by atoms with Crippen LogP contribution in [-0.2, 0) is 13.2 Å². The topological polar surface area (TPSA) is 73.6 Å². The molecule has 0 aliphatic rings. The Labute approximate surface area is 161 Å². The molecule has 0 fully saturated rings. The number of methoxy groups -OCH3 is 1. The Balaban J connectivity index is 1.61. The second kappa shape index (κ2) is 8.85. The number of halogens is 1. The zero-order valence-electron chi connectivity index (χ0n) is 15.2. The lowest BCUT2D eigenvalue weighted by Gasteiger charge is -2.13. The molecule has 0 radical (unpaired) electrons. The quantitative estimate of drug-likeness (QED) is 0.441. The molecule has 0 amide bonds. The standard InChI is InChI=1S/C21H19FN2O4/c1-27-21-12-16(13-23-18-7-9-19(10-8-18)24(25)26)4-11-20(21)28-14-15-2-5-17(22)6-3-15/h2-12,23H,13-14H2,1H3. The largest absolute Gasteiger partial charge is 0.493 e. The van der Waals surface area contributed by atoms with E-state index in [2.05, 4.69) is 5.32 Å². The number of non-ortho nitro benzene ring substituents is 1. The minimum absolute atomic E-state index is 0.0508. The number of nitrogens with zero attached hydrogens (tertiary/aromatic N) is 1. The van der Waals surface area contributed by atoms with Gasteiger partial charge in [0.05, 0.1) is 12.0 Å². The maximum atomic E-state index is 13.0. The van der Waals surface area contributed by atoms with Crippen molar-refractivity contribution in [1.82, 2.24) is 0 Å². The minimum Gasteiger partial charge on any atom is -0.493 e. The summed E-state index contributed by atoms with van der Waals surface area (Å²) in [5.41, 5.74) is 2.65. The molecule has 0 spiro atoms. The molecule has 0 aromatic heterocycles. The molecule has 0 aliphatic heterocycles. The first-order valence-electron chi connectivity index (χ1n) is 8.57. The molecule has 0 aliphatic carbocycles. The lowest BCUT2D eigenvalue weighted by Crippen LogP contribution is -2.02. The summed E-state index contributed by atoms with van der Waals surface area (Å²) in [5, 5.41) is 13.9. The fourth-order valence-corrected chi connectivity index (χ4v) is 2.59. The molecule has 0 heterocycles. The Kier molecular flexibility index (Phi) is 6.06. The lowest BCUT2D eigenvalue weighted by molar-refractivity contribution is -0.384. The highest BCUT2D eigenvalue weighted by atomic mass is 19.1. The average Bonchev–Trinajstić information content (AvgIpc) is 2.72. The maximum Gasteiger partial charge on any atom is 0.269 e. The van der Waals surface area contributed by atoms with Crippen LogP contribution in [0.1, 0.15) is 11.1 Å². The fraction of sp³-hybridized carbons (Fsp3) is 0.143. The summed E-state index contributed by atoms with van der Waals surface area (Å²) >= 11 is 0. The molecule has 0 atom stereocenters. The van der Waals surface area contributed by atoms with Crippen LogP contribution in [-0.4, -0.2) is 12.0 Å². The van der Waals surface area contributed by atoms with Crippen molar-refractivity contribution < 1.29 is 18.8 Å². The highest BCUT2D eigenvalue weighted by molar-refractivity contribution is 5.50. The number of nitro groups is 1. The molecule has 7 heteroatoms. The van der Waals surface area contributed by atoms with Gasteiger partial charge in [-0.2, -0.15) is 0 Å². The van der Waals surface area contributed by atoms with Crippen LogP contribution >= 0.6 is 0 Å². The molecular weight excluding hydrogens is 363 g/mol. The van der Waals surface area contributed by atoms with E-state index in [1.54, 1.807) is 31.4 Å². The number of nitrogens with one attached hydrogen (secondary N) is 1. The van der Waals surface area contributed by atoms with Crippen molar-refractivity contribution in [3.8, 4) is 11.5 Å². The summed E-state index contributed by atoms with van der Waals surface area (Å²) in [6.07, 6.45) is 0. The van der Waals surface area contributed by atoms with Crippen LogP contribution in [0.4, 0.5) is 15.8 Å². The van der Waals surface area contributed by atoms with Gasteiger partial charge in [0.2, 0.25) is 0 Å². The van der Waals surface area contributed by atoms with Crippen LogP contribution in [0.2, 0.25) is 0 Å². The van der Waals surface area contributed by atoms with Crippen molar-refractivity contribution in [1.29, 1.82) is 0 Å². The monoisotopic (exact) mass is 382 g/mol. The summed E-state index contributed by atoms with van der Waals surface area (Å²) in [6.45, 7) is 0.823. The number of anilines is 1. The minimum atomic E-state index is -0.431. The van der Waals surface area contributed by atoms with Crippen LogP contribution in [0.15, 0.2) is 66.7 Å². The van der Waals surface area contributed by atoms with Crippen molar-refractivity contribution in [3.63, 3.8) is 0 Å². The first kappa shape index (κ1) is 19.2. The molecule has 0 unspecified atom stereocenters. The molecule has 0 saturated heterocycles. The lowest BCUT2D eigenvalue weighted by atomic mass is 10.2. The van der Waals surface area contributed by atoms with Gasteiger partial charge in [-0.1, -0.05) is 18.2 Å². The molecule has 0 bridgehead atoms. The fourth-order valence-electron chi connectivity index (χ4n) is 2.59. The summed E-state index contributed by atoms with van der Waals surface area (Å²) in [4.78, 5) is 10.3. The van der Waals surface area contributed by atoms with E-state index in [1.165, 1.54) is 24.3 Å². The van der Waals surface area contributed by atoms with E-state index in [0.29, 0.717) is 24.7 Å². The van der Waals surface area contributed by atoms with Crippen LogP contribution in [0.3, 0.4) is 0 Å². The Hall–Kier alpha value is -3.61. The zero-order chi connectivity index (χ0) is 19.9. The van der Waals surface area contributed by atoms with E-state index in [1.807, 2.05) is 18.2 Å². The van der Waals surface area contributed by atoms with Gasteiger partial charge < -0.3 is 14.8 Å². The third kappa shape index (κ3) is 4.97. The van der Waals surface area contributed by atoms with Gasteiger partial charge in [0.15, 0.2) is 11.5 Å². The highest BCUT2D eigenvalue weighted by Gasteiger charge is 2.08. The third-order valence-electron chi connectivity index (χ3n) is 4.11. The zero-order valence-corrected chi connectivity index (χ0v) is 15.2. The van der Waals surface area contributed by atoms with Crippen molar-refractivity contribution >= 4 is 11.4 Å². The predicted octanol–water partition coefficient (Wildman–Crippen LogP) is 4.93. The number of rotatable bonds is 8.